The van der Waals surface area contributed by atoms with Gasteiger partial charge in [-0.1, -0.05) is 0 Å². The van der Waals surface area contributed by atoms with E-state index in [-0.39, 0.29) is 0 Å². The molecule has 1 aromatic rings. The van der Waals surface area contributed by atoms with Crippen molar-refractivity contribution in [3.05, 3.63) is 5.69 Å². The Labute approximate surface area is 91.1 Å². The molecule has 0 saturated carbocycles. The molecule has 0 amide bonds. The second-order valence-electron chi connectivity index (χ2n) is 4.32. The lowest BCUT2D eigenvalue weighted by atomic mass is 10.2. The van der Waals surface area contributed by atoms with E-state index in [1.807, 2.05) is 11.6 Å². The smallest absolute Gasteiger partial charge is 0.150 e. The fraction of sp³-hybridized carbons (Fsp3) is 0.727. The zero-order chi connectivity index (χ0) is 11.0. The lowest BCUT2D eigenvalue weighted by Gasteiger charge is -2.24. The highest BCUT2D eigenvalue weighted by Crippen LogP contribution is 2.32. The van der Waals surface area contributed by atoms with Crippen LogP contribution < -0.4 is 10.6 Å². The van der Waals surface area contributed by atoms with Crippen LogP contribution in [0.2, 0.25) is 0 Å². The van der Waals surface area contributed by atoms with Gasteiger partial charge >= 0.3 is 0 Å². The normalized spacial score (nSPS) is 21.3. The van der Waals surface area contributed by atoms with Gasteiger partial charge in [-0.3, -0.25) is 0 Å². The van der Waals surface area contributed by atoms with Gasteiger partial charge in [0, 0.05) is 19.1 Å². The van der Waals surface area contributed by atoms with Crippen LogP contribution in [0.1, 0.15) is 32.4 Å². The maximum atomic E-state index is 6.10. The van der Waals surface area contributed by atoms with Gasteiger partial charge in [0.1, 0.15) is 0 Å². The van der Waals surface area contributed by atoms with E-state index in [0.717, 1.165) is 30.3 Å². The number of hydrogen-bond acceptors (Lipinski definition) is 3. The number of nitrogens with zero attached hydrogens (tertiary/aromatic N) is 3. The summed E-state index contributed by atoms with van der Waals surface area (Å²) in [6, 6.07) is 0.591. The number of nitrogen functional groups attached to an aromatic ring is 1. The zero-order valence-electron chi connectivity index (χ0n) is 9.82. The molecule has 15 heavy (non-hydrogen) atoms. The first-order valence-corrected chi connectivity index (χ1v) is 5.74. The van der Waals surface area contributed by atoms with E-state index in [9.17, 15) is 0 Å². The molecular formula is C11H20N4. The molecule has 4 nitrogen and oxygen atoms in total. The van der Waals surface area contributed by atoms with Crippen LogP contribution in [-0.2, 0) is 6.54 Å². The van der Waals surface area contributed by atoms with Crippen LogP contribution in [0, 0.1) is 6.92 Å². The third kappa shape index (κ3) is 1.58. The number of anilines is 2. The van der Waals surface area contributed by atoms with Crippen molar-refractivity contribution in [2.24, 2.45) is 0 Å². The third-order valence-corrected chi connectivity index (χ3v) is 3.27. The molecule has 0 aromatic carbocycles. The number of nitrogens with two attached hydrogens (primary N) is 1. The molecule has 2 N–H and O–H groups in total. The molecule has 1 aromatic heterocycles. The molecular weight excluding hydrogens is 188 g/mol. The van der Waals surface area contributed by atoms with Crippen molar-refractivity contribution in [3.63, 3.8) is 0 Å². The first-order valence-electron chi connectivity index (χ1n) is 5.74. The fourth-order valence-electron chi connectivity index (χ4n) is 2.35. The van der Waals surface area contributed by atoms with Gasteiger partial charge in [-0.2, -0.15) is 5.10 Å². The standard InChI is InChI=1S/C11H20N4/c1-4-15-11(10(12)9(3)13-15)14-7-5-6-8(14)2/h8H,4-7,12H2,1-3H3. The zero-order valence-corrected chi connectivity index (χ0v) is 9.82. The molecule has 2 rings (SSSR count). The largest absolute Gasteiger partial charge is 0.394 e. The Morgan fingerprint density at radius 3 is 2.80 bits per heavy atom. The second kappa shape index (κ2) is 3.76. The van der Waals surface area contributed by atoms with Gasteiger partial charge in [0.15, 0.2) is 5.82 Å². The molecule has 0 bridgehead atoms. The summed E-state index contributed by atoms with van der Waals surface area (Å²) in [5, 5.41) is 4.46. The Hall–Kier alpha value is -1.19. The number of rotatable bonds is 2. The average molecular weight is 208 g/mol. The van der Waals surface area contributed by atoms with Gasteiger partial charge in [-0.25, -0.2) is 4.68 Å². The van der Waals surface area contributed by atoms with Crippen LogP contribution in [0.25, 0.3) is 0 Å². The van der Waals surface area contributed by atoms with Gasteiger partial charge in [0.2, 0.25) is 0 Å². The molecule has 0 radical (unpaired) electrons. The van der Waals surface area contributed by atoms with Gasteiger partial charge in [0.25, 0.3) is 0 Å². The van der Waals surface area contributed by atoms with Crippen molar-refractivity contribution < 1.29 is 0 Å². The van der Waals surface area contributed by atoms with E-state index in [1.54, 1.807) is 0 Å². The van der Waals surface area contributed by atoms with Crippen molar-refractivity contribution in [1.29, 1.82) is 0 Å². The van der Waals surface area contributed by atoms with E-state index in [4.69, 9.17) is 5.73 Å². The number of aryl methyl sites for hydroxylation is 2. The molecule has 1 fully saturated rings. The second-order valence-corrected chi connectivity index (χ2v) is 4.32. The quantitative estimate of drug-likeness (QED) is 0.806. The van der Waals surface area contributed by atoms with Crippen LogP contribution >= 0.6 is 0 Å². The van der Waals surface area contributed by atoms with Crippen molar-refractivity contribution in [3.8, 4) is 0 Å². The summed E-state index contributed by atoms with van der Waals surface area (Å²) >= 11 is 0. The van der Waals surface area contributed by atoms with E-state index in [1.165, 1.54) is 12.8 Å². The lowest BCUT2D eigenvalue weighted by Crippen LogP contribution is -2.29. The Morgan fingerprint density at radius 1 is 1.53 bits per heavy atom. The number of aromatic nitrogens is 2. The Balaban J connectivity index is 2.41. The highest BCUT2D eigenvalue weighted by molar-refractivity contribution is 5.67. The van der Waals surface area contributed by atoms with Crippen molar-refractivity contribution >= 4 is 11.5 Å². The van der Waals surface area contributed by atoms with Crippen molar-refractivity contribution in [2.75, 3.05) is 17.2 Å². The van der Waals surface area contributed by atoms with Crippen LogP contribution in [0.15, 0.2) is 0 Å². The van der Waals surface area contributed by atoms with E-state index >= 15 is 0 Å². The van der Waals surface area contributed by atoms with E-state index in [0.29, 0.717) is 6.04 Å². The van der Waals surface area contributed by atoms with Crippen LogP contribution in [-0.4, -0.2) is 22.4 Å². The summed E-state index contributed by atoms with van der Waals surface area (Å²) in [5.41, 5.74) is 7.90. The topological polar surface area (TPSA) is 47.1 Å². The first kappa shape index (κ1) is 10.3. The maximum Gasteiger partial charge on any atom is 0.150 e. The molecule has 1 aliphatic rings. The molecule has 1 aliphatic heterocycles. The molecule has 84 valence electrons. The molecule has 0 spiro atoms. The minimum Gasteiger partial charge on any atom is -0.394 e. The minimum atomic E-state index is 0.591. The van der Waals surface area contributed by atoms with Gasteiger partial charge < -0.3 is 10.6 Å². The predicted octanol–water partition coefficient (Wildman–Crippen LogP) is 1.78. The molecule has 1 saturated heterocycles. The Morgan fingerprint density at radius 2 is 2.27 bits per heavy atom. The molecule has 1 atom stereocenters. The maximum absolute atomic E-state index is 6.10. The van der Waals surface area contributed by atoms with Gasteiger partial charge in [-0.05, 0) is 33.6 Å². The van der Waals surface area contributed by atoms with E-state index < -0.39 is 0 Å². The number of hydrogen-bond donors (Lipinski definition) is 1. The van der Waals surface area contributed by atoms with E-state index in [2.05, 4.69) is 23.8 Å². The molecule has 0 aliphatic carbocycles. The first-order chi connectivity index (χ1) is 7.15. The third-order valence-electron chi connectivity index (χ3n) is 3.27. The summed E-state index contributed by atoms with van der Waals surface area (Å²) in [4.78, 5) is 2.39. The van der Waals surface area contributed by atoms with Gasteiger partial charge in [-0.15, -0.1) is 0 Å². The van der Waals surface area contributed by atoms with Crippen LogP contribution in [0.5, 0.6) is 0 Å². The highest BCUT2D eigenvalue weighted by atomic mass is 15.4. The lowest BCUT2D eigenvalue weighted by molar-refractivity contribution is 0.622. The summed E-state index contributed by atoms with van der Waals surface area (Å²) in [5.74, 6) is 1.12. The molecule has 4 heteroatoms. The molecule has 1 unspecified atom stereocenters. The summed E-state index contributed by atoms with van der Waals surface area (Å²) < 4.78 is 2.02. The van der Waals surface area contributed by atoms with Crippen molar-refractivity contribution in [2.45, 2.75) is 46.2 Å². The highest BCUT2D eigenvalue weighted by Gasteiger charge is 2.26. The van der Waals surface area contributed by atoms with Crippen molar-refractivity contribution in [1.82, 2.24) is 9.78 Å². The van der Waals surface area contributed by atoms with Crippen LogP contribution in [0.3, 0.4) is 0 Å². The van der Waals surface area contributed by atoms with Crippen LogP contribution in [0.4, 0.5) is 11.5 Å². The Kier molecular flexibility index (Phi) is 2.59. The summed E-state index contributed by atoms with van der Waals surface area (Å²) in [6.07, 6.45) is 2.52. The predicted molar refractivity (Wildman–Crippen MR) is 63.1 cm³/mol. The summed E-state index contributed by atoms with van der Waals surface area (Å²) in [6.45, 7) is 8.34. The summed E-state index contributed by atoms with van der Waals surface area (Å²) in [7, 11) is 0. The monoisotopic (exact) mass is 208 g/mol. The fourth-order valence-corrected chi connectivity index (χ4v) is 2.35. The average Bonchev–Trinajstić information content (AvgIpc) is 2.73. The van der Waals surface area contributed by atoms with Gasteiger partial charge in [0.05, 0.1) is 11.4 Å². The SMILES string of the molecule is CCn1nc(C)c(N)c1N1CCCC1C. The minimum absolute atomic E-state index is 0.591. The Bertz CT molecular complexity index is 356. The molecule has 2 heterocycles.